The Morgan fingerprint density at radius 3 is 2.67 bits per heavy atom. The van der Waals surface area contributed by atoms with Gasteiger partial charge in [0.25, 0.3) is 5.91 Å². The number of nitrogens with one attached hydrogen (secondary N) is 1. The SMILES string of the molecule is Cn1nc(-c2ccccc2)c2c1CCN(C(=O)c1ccn[nH]1)CC2. The van der Waals surface area contributed by atoms with Gasteiger partial charge in [-0.1, -0.05) is 30.3 Å². The van der Waals surface area contributed by atoms with E-state index in [2.05, 4.69) is 22.3 Å². The van der Waals surface area contributed by atoms with Crippen molar-refractivity contribution in [1.29, 1.82) is 0 Å². The molecule has 0 bridgehead atoms. The van der Waals surface area contributed by atoms with Gasteiger partial charge in [-0.25, -0.2) is 0 Å². The summed E-state index contributed by atoms with van der Waals surface area (Å²) >= 11 is 0. The van der Waals surface area contributed by atoms with Crippen LogP contribution in [0.15, 0.2) is 42.6 Å². The van der Waals surface area contributed by atoms with Crippen molar-refractivity contribution in [1.82, 2.24) is 24.9 Å². The van der Waals surface area contributed by atoms with Gasteiger partial charge in [0, 0.05) is 49.6 Å². The minimum atomic E-state index is 0.00882. The molecule has 3 heterocycles. The lowest BCUT2D eigenvalue weighted by atomic mass is 10.0. The molecular formula is C18H19N5O. The van der Waals surface area contributed by atoms with Gasteiger partial charge in [-0.2, -0.15) is 10.2 Å². The number of hydrogen-bond donors (Lipinski definition) is 1. The number of aryl methyl sites for hydroxylation is 1. The lowest BCUT2D eigenvalue weighted by Crippen LogP contribution is -2.33. The van der Waals surface area contributed by atoms with Gasteiger partial charge in [-0.3, -0.25) is 14.6 Å². The summed E-state index contributed by atoms with van der Waals surface area (Å²) in [4.78, 5) is 14.4. The summed E-state index contributed by atoms with van der Waals surface area (Å²) in [6.45, 7) is 1.38. The lowest BCUT2D eigenvalue weighted by Gasteiger charge is -2.19. The first-order valence-corrected chi connectivity index (χ1v) is 8.13. The van der Waals surface area contributed by atoms with Crippen molar-refractivity contribution in [2.24, 2.45) is 7.05 Å². The van der Waals surface area contributed by atoms with Crippen LogP contribution >= 0.6 is 0 Å². The van der Waals surface area contributed by atoms with Crippen molar-refractivity contribution < 1.29 is 4.79 Å². The molecule has 122 valence electrons. The smallest absolute Gasteiger partial charge is 0.271 e. The zero-order chi connectivity index (χ0) is 16.5. The normalized spacial score (nSPS) is 14.3. The Bertz CT molecular complexity index is 851. The second kappa shape index (κ2) is 5.96. The summed E-state index contributed by atoms with van der Waals surface area (Å²) in [7, 11) is 1.98. The summed E-state index contributed by atoms with van der Waals surface area (Å²) in [5, 5.41) is 11.4. The number of hydrogen-bond acceptors (Lipinski definition) is 3. The maximum Gasteiger partial charge on any atom is 0.271 e. The van der Waals surface area contributed by atoms with Crippen LogP contribution in [0, 0.1) is 0 Å². The number of amides is 1. The maximum absolute atomic E-state index is 12.6. The van der Waals surface area contributed by atoms with Gasteiger partial charge >= 0.3 is 0 Å². The predicted molar refractivity (Wildman–Crippen MR) is 90.5 cm³/mol. The number of rotatable bonds is 2. The van der Waals surface area contributed by atoms with Crippen LogP contribution in [0.25, 0.3) is 11.3 Å². The van der Waals surface area contributed by atoms with Gasteiger partial charge in [0.05, 0.1) is 5.69 Å². The minimum absolute atomic E-state index is 0.00882. The number of aromatic nitrogens is 4. The molecule has 0 atom stereocenters. The molecule has 1 N–H and O–H groups in total. The summed E-state index contributed by atoms with van der Waals surface area (Å²) < 4.78 is 1.96. The first kappa shape index (κ1) is 14.7. The Morgan fingerprint density at radius 2 is 1.92 bits per heavy atom. The van der Waals surface area contributed by atoms with Gasteiger partial charge in [0.1, 0.15) is 5.69 Å². The molecule has 0 unspecified atom stereocenters. The Kier molecular flexibility index (Phi) is 3.65. The molecule has 0 spiro atoms. The predicted octanol–water partition coefficient (Wildman–Crippen LogP) is 2.05. The Morgan fingerprint density at radius 1 is 1.12 bits per heavy atom. The molecule has 1 amide bonds. The molecule has 1 aliphatic rings. The molecule has 6 nitrogen and oxygen atoms in total. The van der Waals surface area contributed by atoms with Crippen LogP contribution < -0.4 is 0 Å². The number of nitrogens with zero attached hydrogens (tertiary/aromatic N) is 4. The fourth-order valence-electron chi connectivity index (χ4n) is 3.35. The summed E-state index contributed by atoms with van der Waals surface area (Å²) in [6, 6.07) is 12.0. The van der Waals surface area contributed by atoms with Crippen molar-refractivity contribution in [2.45, 2.75) is 12.8 Å². The quantitative estimate of drug-likeness (QED) is 0.785. The highest BCUT2D eigenvalue weighted by atomic mass is 16.2. The molecule has 6 heteroatoms. The van der Waals surface area contributed by atoms with Crippen LogP contribution in [0.3, 0.4) is 0 Å². The van der Waals surface area contributed by atoms with E-state index in [-0.39, 0.29) is 5.91 Å². The van der Waals surface area contributed by atoms with Crippen molar-refractivity contribution >= 4 is 5.91 Å². The zero-order valence-electron chi connectivity index (χ0n) is 13.6. The van der Waals surface area contributed by atoms with E-state index in [1.165, 1.54) is 11.3 Å². The summed E-state index contributed by atoms with van der Waals surface area (Å²) in [5.41, 5.74) is 5.17. The van der Waals surface area contributed by atoms with Crippen LogP contribution in [-0.4, -0.2) is 43.9 Å². The number of H-pyrrole nitrogens is 1. The third-order valence-corrected chi connectivity index (χ3v) is 4.59. The van der Waals surface area contributed by atoms with Crippen molar-refractivity contribution in [3.8, 4) is 11.3 Å². The molecule has 1 aromatic carbocycles. The molecule has 0 aliphatic carbocycles. The second-order valence-electron chi connectivity index (χ2n) is 6.03. The Hall–Kier alpha value is -2.89. The number of carbonyl (C=O) groups excluding carboxylic acids is 1. The van der Waals surface area contributed by atoms with E-state index >= 15 is 0 Å². The van der Waals surface area contributed by atoms with Crippen molar-refractivity contribution in [2.75, 3.05) is 13.1 Å². The van der Waals surface area contributed by atoms with Crippen LogP contribution in [0.1, 0.15) is 21.7 Å². The molecule has 0 fully saturated rings. The molecule has 0 radical (unpaired) electrons. The van der Waals surface area contributed by atoms with Gasteiger partial charge in [-0.15, -0.1) is 0 Å². The van der Waals surface area contributed by atoms with E-state index in [4.69, 9.17) is 5.10 Å². The highest BCUT2D eigenvalue weighted by molar-refractivity contribution is 5.92. The monoisotopic (exact) mass is 321 g/mol. The van der Waals surface area contributed by atoms with Crippen molar-refractivity contribution in [3.63, 3.8) is 0 Å². The van der Waals surface area contributed by atoms with E-state index in [1.54, 1.807) is 12.3 Å². The molecule has 4 rings (SSSR count). The van der Waals surface area contributed by atoms with E-state index in [0.717, 1.165) is 24.1 Å². The summed E-state index contributed by atoms with van der Waals surface area (Å²) in [5.74, 6) is 0.00882. The van der Waals surface area contributed by atoms with Gasteiger partial charge in [0.15, 0.2) is 0 Å². The number of fused-ring (bicyclic) bond motifs is 1. The Balaban J connectivity index is 1.63. The minimum Gasteiger partial charge on any atom is -0.337 e. The second-order valence-corrected chi connectivity index (χ2v) is 6.03. The van der Waals surface area contributed by atoms with E-state index in [0.29, 0.717) is 18.8 Å². The number of benzene rings is 1. The zero-order valence-corrected chi connectivity index (χ0v) is 13.6. The van der Waals surface area contributed by atoms with Crippen LogP contribution in [0.5, 0.6) is 0 Å². The van der Waals surface area contributed by atoms with Gasteiger partial charge < -0.3 is 4.90 Å². The largest absolute Gasteiger partial charge is 0.337 e. The molecule has 24 heavy (non-hydrogen) atoms. The van der Waals surface area contributed by atoms with E-state index < -0.39 is 0 Å². The molecule has 1 aliphatic heterocycles. The van der Waals surface area contributed by atoms with E-state index in [1.807, 2.05) is 34.8 Å². The molecule has 3 aromatic rings. The molecular weight excluding hydrogens is 302 g/mol. The average Bonchev–Trinajstić information content (AvgIpc) is 3.18. The van der Waals surface area contributed by atoms with Crippen molar-refractivity contribution in [3.05, 3.63) is 59.5 Å². The fraction of sp³-hybridized carbons (Fsp3) is 0.278. The van der Waals surface area contributed by atoms with E-state index in [9.17, 15) is 4.79 Å². The number of aromatic amines is 1. The highest BCUT2D eigenvalue weighted by Crippen LogP contribution is 2.28. The first-order valence-electron chi connectivity index (χ1n) is 8.13. The molecule has 0 saturated heterocycles. The average molecular weight is 321 g/mol. The first-order chi connectivity index (χ1) is 11.7. The van der Waals surface area contributed by atoms with Crippen LogP contribution in [0.4, 0.5) is 0 Å². The van der Waals surface area contributed by atoms with Gasteiger partial charge in [0.2, 0.25) is 0 Å². The van der Waals surface area contributed by atoms with Gasteiger partial charge in [-0.05, 0) is 12.5 Å². The third kappa shape index (κ3) is 2.50. The Labute approximate surface area is 140 Å². The number of carbonyl (C=O) groups is 1. The molecule has 0 saturated carbocycles. The van der Waals surface area contributed by atoms with Crippen LogP contribution in [-0.2, 0) is 19.9 Å². The molecule has 2 aromatic heterocycles. The lowest BCUT2D eigenvalue weighted by molar-refractivity contribution is 0.0756. The standard InChI is InChI=1S/C18H19N5O/c1-22-16-9-12-23(18(24)15-7-10-19-20-15)11-8-14(16)17(21-22)13-5-3-2-4-6-13/h2-7,10H,8-9,11-12H2,1H3,(H,19,20). The summed E-state index contributed by atoms with van der Waals surface area (Å²) in [6.07, 6.45) is 3.23. The third-order valence-electron chi connectivity index (χ3n) is 4.59. The van der Waals surface area contributed by atoms with Crippen LogP contribution in [0.2, 0.25) is 0 Å². The fourth-order valence-corrected chi connectivity index (χ4v) is 3.35. The topological polar surface area (TPSA) is 66.8 Å². The maximum atomic E-state index is 12.6. The highest BCUT2D eigenvalue weighted by Gasteiger charge is 2.25.